The number of pyridine rings is 1. The molecular weight excluding hydrogens is 317 g/mol. The van der Waals surface area contributed by atoms with Crippen LogP contribution in [0.1, 0.15) is 10.4 Å². The second-order valence-electron chi connectivity index (χ2n) is 4.13. The van der Waals surface area contributed by atoms with Gasteiger partial charge in [0, 0.05) is 17.3 Å². The van der Waals surface area contributed by atoms with Crippen LogP contribution in [0.25, 0.3) is 0 Å². The predicted octanol–water partition coefficient (Wildman–Crippen LogP) is 2.47. The van der Waals surface area contributed by atoms with E-state index in [0.717, 1.165) is 24.1 Å². The zero-order valence-corrected chi connectivity index (χ0v) is 12.4. The van der Waals surface area contributed by atoms with E-state index in [0.29, 0.717) is 4.90 Å². The largest absolute Gasteiger partial charge is 0.478 e. The van der Waals surface area contributed by atoms with E-state index in [4.69, 9.17) is 5.11 Å². The van der Waals surface area contributed by atoms with Gasteiger partial charge in [-0.1, -0.05) is 11.8 Å². The minimum Gasteiger partial charge on any atom is -0.478 e. The molecule has 0 aliphatic carbocycles. The Balaban J connectivity index is 2.31. The van der Waals surface area contributed by atoms with Crippen LogP contribution in [0.5, 0.6) is 0 Å². The fraction of sp³-hybridized carbons (Fsp3) is 0.0769. The SMILES string of the molecule is CS(=O)(=O)c1ccc(Sc2nccc(C(=O)O)c2F)cc1. The molecule has 5 nitrogen and oxygen atoms in total. The van der Waals surface area contributed by atoms with Crippen molar-refractivity contribution in [1.82, 2.24) is 4.98 Å². The molecule has 0 saturated carbocycles. The summed E-state index contributed by atoms with van der Waals surface area (Å²) in [6, 6.07) is 6.90. The van der Waals surface area contributed by atoms with Gasteiger partial charge in [-0.3, -0.25) is 0 Å². The normalized spacial score (nSPS) is 11.3. The minimum absolute atomic E-state index is 0.0815. The average Bonchev–Trinajstić information content (AvgIpc) is 2.40. The number of carbonyl (C=O) groups is 1. The number of hydrogen-bond donors (Lipinski definition) is 1. The van der Waals surface area contributed by atoms with Crippen molar-refractivity contribution < 1.29 is 22.7 Å². The molecule has 0 amide bonds. The highest BCUT2D eigenvalue weighted by atomic mass is 32.2. The van der Waals surface area contributed by atoms with Crippen LogP contribution in [-0.2, 0) is 9.84 Å². The van der Waals surface area contributed by atoms with Gasteiger partial charge in [0.2, 0.25) is 0 Å². The molecule has 1 heterocycles. The molecule has 0 spiro atoms. The lowest BCUT2D eigenvalue weighted by Crippen LogP contribution is -2.02. The lowest BCUT2D eigenvalue weighted by molar-refractivity contribution is 0.0691. The topological polar surface area (TPSA) is 84.3 Å². The van der Waals surface area contributed by atoms with E-state index in [9.17, 15) is 17.6 Å². The zero-order chi connectivity index (χ0) is 15.6. The fourth-order valence-corrected chi connectivity index (χ4v) is 2.97. The number of halogens is 1. The number of aromatic nitrogens is 1. The number of nitrogens with zero attached hydrogens (tertiary/aromatic N) is 1. The Morgan fingerprint density at radius 3 is 2.38 bits per heavy atom. The summed E-state index contributed by atoms with van der Waals surface area (Å²) >= 11 is 0.921. The van der Waals surface area contributed by atoms with Gasteiger partial charge in [-0.25, -0.2) is 22.6 Å². The van der Waals surface area contributed by atoms with Crippen molar-refractivity contribution in [3.63, 3.8) is 0 Å². The molecule has 0 atom stereocenters. The minimum atomic E-state index is -3.30. The monoisotopic (exact) mass is 327 g/mol. The number of aromatic carboxylic acids is 1. The Kier molecular flexibility index (Phi) is 4.29. The maximum atomic E-state index is 13.9. The molecule has 0 aliphatic heterocycles. The van der Waals surface area contributed by atoms with Gasteiger partial charge in [0.25, 0.3) is 0 Å². The lowest BCUT2D eigenvalue weighted by Gasteiger charge is -2.05. The van der Waals surface area contributed by atoms with Gasteiger partial charge in [-0.2, -0.15) is 0 Å². The highest BCUT2D eigenvalue weighted by molar-refractivity contribution is 7.99. The molecule has 0 unspecified atom stereocenters. The first kappa shape index (κ1) is 15.5. The molecule has 0 saturated heterocycles. The Morgan fingerprint density at radius 2 is 1.86 bits per heavy atom. The van der Waals surface area contributed by atoms with E-state index in [2.05, 4.69) is 4.98 Å². The van der Waals surface area contributed by atoms with E-state index in [1.54, 1.807) is 0 Å². The Hall–Kier alpha value is -1.93. The second-order valence-corrected chi connectivity index (χ2v) is 7.21. The van der Waals surface area contributed by atoms with Crippen molar-refractivity contribution in [3.8, 4) is 0 Å². The number of carboxylic acid groups (broad SMARTS) is 1. The summed E-state index contributed by atoms with van der Waals surface area (Å²) in [7, 11) is -3.30. The molecule has 1 aromatic carbocycles. The molecule has 1 aromatic heterocycles. The Labute approximate surface area is 124 Å². The van der Waals surface area contributed by atoms with Crippen LogP contribution in [0.3, 0.4) is 0 Å². The third-order valence-corrected chi connectivity index (χ3v) is 4.67. The van der Waals surface area contributed by atoms with E-state index in [-0.39, 0.29) is 9.92 Å². The third-order valence-electron chi connectivity index (χ3n) is 2.55. The third kappa shape index (κ3) is 3.59. The van der Waals surface area contributed by atoms with E-state index in [1.807, 2.05) is 0 Å². The number of rotatable bonds is 4. The maximum Gasteiger partial charge on any atom is 0.338 e. The first-order valence-electron chi connectivity index (χ1n) is 5.65. The lowest BCUT2D eigenvalue weighted by atomic mass is 10.3. The number of sulfone groups is 1. The molecule has 8 heteroatoms. The van der Waals surface area contributed by atoms with Gasteiger partial charge in [0.15, 0.2) is 15.7 Å². The van der Waals surface area contributed by atoms with Crippen molar-refractivity contribution in [2.45, 2.75) is 14.8 Å². The van der Waals surface area contributed by atoms with Crippen LogP contribution in [0.15, 0.2) is 51.3 Å². The second kappa shape index (κ2) is 5.82. The van der Waals surface area contributed by atoms with Crippen LogP contribution >= 0.6 is 11.8 Å². The first-order valence-corrected chi connectivity index (χ1v) is 8.35. The van der Waals surface area contributed by atoms with Gasteiger partial charge < -0.3 is 5.11 Å². The molecule has 0 radical (unpaired) electrons. The maximum absolute atomic E-state index is 13.9. The predicted molar refractivity (Wildman–Crippen MR) is 74.8 cm³/mol. The molecule has 0 aliphatic rings. The van der Waals surface area contributed by atoms with Crippen LogP contribution in [-0.4, -0.2) is 30.7 Å². The van der Waals surface area contributed by atoms with Gasteiger partial charge in [-0.15, -0.1) is 0 Å². The van der Waals surface area contributed by atoms with Crippen LogP contribution in [0.2, 0.25) is 0 Å². The van der Waals surface area contributed by atoms with E-state index in [1.165, 1.54) is 30.5 Å². The number of carboxylic acids is 1. The summed E-state index contributed by atoms with van der Waals surface area (Å²) in [6.07, 6.45) is 2.30. The van der Waals surface area contributed by atoms with Crippen molar-refractivity contribution in [1.29, 1.82) is 0 Å². The fourth-order valence-electron chi connectivity index (χ4n) is 1.53. The van der Waals surface area contributed by atoms with E-state index >= 15 is 0 Å². The van der Waals surface area contributed by atoms with Crippen LogP contribution < -0.4 is 0 Å². The van der Waals surface area contributed by atoms with Gasteiger partial charge in [0.1, 0.15) is 5.03 Å². The van der Waals surface area contributed by atoms with E-state index < -0.39 is 27.2 Å². The molecule has 2 rings (SSSR count). The molecule has 0 fully saturated rings. The van der Waals surface area contributed by atoms with Crippen LogP contribution in [0.4, 0.5) is 4.39 Å². The van der Waals surface area contributed by atoms with Crippen molar-refractivity contribution in [3.05, 3.63) is 47.9 Å². The molecule has 1 N–H and O–H groups in total. The highest BCUT2D eigenvalue weighted by Gasteiger charge is 2.16. The summed E-state index contributed by atoms with van der Waals surface area (Å²) < 4.78 is 36.6. The van der Waals surface area contributed by atoms with Gasteiger partial charge >= 0.3 is 5.97 Å². The van der Waals surface area contributed by atoms with Crippen molar-refractivity contribution in [2.75, 3.05) is 6.26 Å². The molecule has 0 bridgehead atoms. The Bertz CT molecular complexity index is 788. The summed E-state index contributed by atoms with van der Waals surface area (Å²) in [5.74, 6) is -2.29. The first-order chi connectivity index (χ1) is 9.79. The highest BCUT2D eigenvalue weighted by Crippen LogP contribution is 2.29. The Morgan fingerprint density at radius 1 is 1.24 bits per heavy atom. The summed E-state index contributed by atoms with van der Waals surface area (Å²) in [5, 5.41) is 8.76. The summed E-state index contributed by atoms with van der Waals surface area (Å²) in [5.41, 5.74) is -0.458. The number of hydrogen-bond acceptors (Lipinski definition) is 5. The van der Waals surface area contributed by atoms with Crippen molar-refractivity contribution >= 4 is 27.6 Å². The van der Waals surface area contributed by atoms with Crippen molar-refractivity contribution in [2.24, 2.45) is 0 Å². The van der Waals surface area contributed by atoms with Gasteiger partial charge in [-0.05, 0) is 30.3 Å². The standard InChI is InChI=1S/C13H10FNO4S2/c1-21(18,19)9-4-2-8(3-5-9)20-12-11(14)10(13(16)17)6-7-15-12/h2-7H,1H3,(H,16,17). The summed E-state index contributed by atoms with van der Waals surface area (Å²) in [6.45, 7) is 0. The average molecular weight is 327 g/mol. The smallest absolute Gasteiger partial charge is 0.338 e. The molecular formula is C13H10FNO4S2. The van der Waals surface area contributed by atoms with Gasteiger partial charge in [0.05, 0.1) is 10.5 Å². The molecule has 110 valence electrons. The zero-order valence-electron chi connectivity index (χ0n) is 10.8. The number of benzene rings is 1. The quantitative estimate of drug-likeness (QED) is 0.928. The van der Waals surface area contributed by atoms with Crippen LogP contribution in [0, 0.1) is 5.82 Å². The summed E-state index contributed by atoms with van der Waals surface area (Å²) in [4.78, 5) is 15.3. The molecule has 21 heavy (non-hydrogen) atoms. The molecule has 2 aromatic rings.